The average molecular weight is 1230 g/mol. The van der Waals surface area contributed by atoms with Gasteiger partial charge in [-0.1, -0.05) is 129 Å². The highest BCUT2D eigenvalue weighted by molar-refractivity contribution is 7.80. The van der Waals surface area contributed by atoms with Crippen molar-refractivity contribution >= 4 is 45.8 Å². The second-order valence-electron chi connectivity index (χ2n) is 23.1. The number of carboxylic acids is 1. The Labute approximate surface area is 515 Å². The number of esters is 1. The summed E-state index contributed by atoms with van der Waals surface area (Å²) >= 11 is 5.41. The van der Waals surface area contributed by atoms with Gasteiger partial charge in [-0.3, -0.25) is 9.59 Å². The Bertz CT molecular complexity index is 2810. The SMILES string of the molecule is C[C@@H]1[C@H](O)[C@@H](C)/C=C/C=C/CC/C=C/C=C/C=C/C=C/[C@H](O[C@@H]2O[C@H](C)[C@@H](O)[C@H](N)[C@@H]2O)C[C@@H]2O[C@](O)(C[C@@H](O)[C@H](O)CC[C@@H](O)C[C@@H](O)C[C@@H](O)CC(=O)O[C@H]1C)C[C@H](O)[C@H]2C(=O)O.Cc1cccc(N(C)C(=S)Oc2ccc3ccccc3c2)c1. The number of ether oxygens (including phenoxy) is 5. The third kappa shape index (κ3) is 23.4. The highest BCUT2D eigenvalue weighted by atomic mass is 32.1. The van der Waals surface area contributed by atoms with Gasteiger partial charge in [0.1, 0.15) is 23.9 Å². The summed E-state index contributed by atoms with van der Waals surface area (Å²) in [7, 11) is 1.91. The Morgan fingerprint density at radius 2 is 1.32 bits per heavy atom. The lowest BCUT2D eigenvalue weighted by atomic mass is 9.82. The maximum atomic E-state index is 12.6. The average Bonchev–Trinajstić information content (AvgIpc) is 2.88. The number of aliphatic carboxylic acids is 1. The van der Waals surface area contributed by atoms with Crippen molar-refractivity contribution in [2.24, 2.45) is 23.5 Å². The number of nitrogens with two attached hydrogens (primary N) is 1. The van der Waals surface area contributed by atoms with Gasteiger partial charge < -0.3 is 90.5 Å². The maximum absolute atomic E-state index is 12.6. The molecule has 0 saturated carbocycles. The minimum Gasteiger partial charge on any atom is -0.481 e. The van der Waals surface area contributed by atoms with Crippen molar-refractivity contribution in [2.45, 2.75) is 196 Å². The number of anilines is 1. The standard InChI is InChI=1S/C47H75NO17.C19H17NOS/c1-27-17-15-13-11-9-7-5-6-8-10-12-14-16-18-34(64-46-44(58)41(48)43(57)30(4)63-46)24-38-40(45(59)60)37(54)26-47(61,65-38)25-36(53)35(52)20-19-31(49)21-32(50)22-33(51)23-39(55)62-29(3)28(2)42(27)56;1-14-6-5-9-17(12-14)20(2)19(22)21-18-11-10-15-7-3-4-8-16(15)13-18/h5-6,8,10-18,27-38,40-44,46,49-54,56-58,61H,7,9,19-26,48H2,1-4H3,(H,59,60);3-13H,1-2H3/b6-5+,10-8+,13-11+,14-12+,17-15+,18-16+;/t27-,28-,29-,30+,31+,32+,33+,34-,35+,36+,37-,38-,40+,41-,42+,43+,44-,46-,47+;/m0./s1. The predicted molar refractivity (Wildman–Crippen MR) is 334 cm³/mol. The Morgan fingerprint density at radius 3 is 2.01 bits per heavy atom. The van der Waals surface area contributed by atoms with E-state index in [1.807, 2.05) is 104 Å². The van der Waals surface area contributed by atoms with Gasteiger partial charge in [-0.05, 0) is 112 Å². The van der Waals surface area contributed by atoms with Crippen molar-refractivity contribution < 1.29 is 89.4 Å². The highest BCUT2D eigenvalue weighted by Crippen LogP contribution is 2.38. The third-order valence-electron chi connectivity index (χ3n) is 15.8. The Balaban J connectivity index is 0.000000518. The first-order valence-electron chi connectivity index (χ1n) is 29.8. The number of hydrogen-bond donors (Lipinski definition) is 12. The van der Waals surface area contributed by atoms with Crippen molar-refractivity contribution in [1.29, 1.82) is 0 Å². The molecular weight excluding hydrogens is 1140 g/mol. The van der Waals surface area contributed by atoms with Crippen LogP contribution < -0.4 is 15.4 Å². The molecule has 6 rings (SSSR count). The molecule has 3 aliphatic rings. The molecule has 20 nitrogen and oxygen atoms in total. The van der Waals surface area contributed by atoms with Gasteiger partial charge >= 0.3 is 11.9 Å². The van der Waals surface area contributed by atoms with Crippen LogP contribution in [0.1, 0.15) is 97.5 Å². The molecule has 19 atom stereocenters. The van der Waals surface area contributed by atoms with Gasteiger partial charge in [-0.15, -0.1) is 0 Å². The third-order valence-corrected chi connectivity index (χ3v) is 16.2. The molecule has 0 spiro atoms. The highest BCUT2D eigenvalue weighted by Gasteiger charge is 2.51. The van der Waals surface area contributed by atoms with Gasteiger partial charge in [0.05, 0.1) is 79.6 Å². The van der Waals surface area contributed by atoms with Crippen LogP contribution >= 0.6 is 12.2 Å². The molecular formula is C66H92N2O18S. The normalized spacial score (nSPS) is 36.4. The Morgan fingerprint density at radius 1 is 0.690 bits per heavy atom. The van der Waals surface area contributed by atoms with E-state index in [0.717, 1.165) is 29.7 Å². The van der Waals surface area contributed by atoms with Crippen LogP contribution in [0, 0.1) is 24.7 Å². The summed E-state index contributed by atoms with van der Waals surface area (Å²) in [6.45, 7) is 8.84. The van der Waals surface area contributed by atoms with Gasteiger partial charge in [0.2, 0.25) is 0 Å². The summed E-state index contributed by atoms with van der Waals surface area (Å²) in [6, 6.07) is 21.2. The number of thiocarbonyl (C=S) groups is 1. The maximum Gasteiger partial charge on any atom is 0.311 e. The zero-order chi connectivity index (χ0) is 64.0. The van der Waals surface area contributed by atoms with Gasteiger partial charge in [0, 0.05) is 43.8 Å². The van der Waals surface area contributed by atoms with Crippen LogP contribution in [0.15, 0.2) is 140 Å². The number of carbonyl (C=O) groups is 2. The van der Waals surface area contributed by atoms with E-state index in [4.69, 9.17) is 41.6 Å². The van der Waals surface area contributed by atoms with Gasteiger partial charge in [0.15, 0.2) is 12.1 Å². The molecule has 0 radical (unpaired) electrons. The van der Waals surface area contributed by atoms with Crippen LogP contribution in [0.3, 0.4) is 0 Å². The topological polar surface area (TPSA) is 332 Å². The van der Waals surface area contributed by atoms with Crippen LogP contribution in [-0.2, 0) is 28.5 Å². The zero-order valence-electron chi connectivity index (χ0n) is 50.5. The summed E-state index contributed by atoms with van der Waals surface area (Å²) in [4.78, 5) is 27.0. The van der Waals surface area contributed by atoms with E-state index >= 15 is 0 Å². The van der Waals surface area contributed by atoms with E-state index in [9.17, 15) is 65.8 Å². The second-order valence-corrected chi connectivity index (χ2v) is 23.5. The fourth-order valence-electron chi connectivity index (χ4n) is 10.5. The van der Waals surface area contributed by atoms with E-state index in [1.165, 1.54) is 23.9 Å². The fourth-order valence-corrected chi connectivity index (χ4v) is 10.7. The second kappa shape index (κ2) is 35.6. The number of hydrogen-bond acceptors (Lipinski definition) is 19. The number of carboxylic acid groups (broad SMARTS) is 1. The number of allylic oxidation sites excluding steroid dienone is 10. The fraction of sp³-hybridized carbons (Fsp3) is 0.530. The van der Waals surface area contributed by atoms with Crippen LogP contribution in [-0.4, -0.2) is 178 Å². The van der Waals surface area contributed by atoms with Crippen molar-refractivity contribution in [3.05, 3.63) is 145 Å². The number of carbonyl (C=O) groups excluding carboxylic acids is 1. The molecule has 87 heavy (non-hydrogen) atoms. The number of aliphatic hydroxyl groups excluding tert-OH is 9. The van der Waals surface area contributed by atoms with Crippen LogP contribution in [0.5, 0.6) is 5.75 Å². The first kappa shape index (κ1) is 72.2. The van der Waals surface area contributed by atoms with E-state index in [1.54, 1.807) is 38.2 Å². The molecule has 3 aliphatic heterocycles. The molecule has 0 aromatic heterocycles. The number of aliphatic hydroxyl groups is 10. The van der Waals surface area contributed by atoms with Crippen molar-refractivity contribution in [1.82, 2.24) is 0 Å². The van der Waals surface area contributed by atoms with Crippen LogP contribution in [0.25, 0.3) is 10.8 Å². The van der Waals surface area contributed by atoms with Crippen LogP contribution in [0.4, 0.5) is 5.69 Å². The summed E-state index contributed by atoms with van der Waals surface area (Å²) in [5.74, 6) is -6.07. The Hall–Kier alpha value is -5.57. The van der Waals surface area contributed by atoms with Gasteiger partial charge in [-0.25, -0.2) is 0 Å². The lowest BCUT2D eigenvalue weighted by Gasteiger charge is -2.45. The number of aryl methyl sites for hydroxylation is 1. The van der Waals surface area contributed by atoms with Gasteiger partial charge in [-0.2, -0.15) is 0 Å². The molecule has 13 N–H and O–H groups in total. The molecule has 2 bridgehead atoms. The molecule has 3 aromatic carbocycles. The smallest absolute Gasteiger partial charge is 0.311 e. The summed E-state index contributed by atoms with van der Waals surface area (Å²) in [5.41, 5.74) is 8.23. The number of cyclic esters (lactones) is 1. The van der Waals surface area contributed by atoms with Crippen LogP contribution in [0.2, 0.25) is 0 Å². The molecule has 0 amide bonds. The summed E-state index contributed by atoms with van der Waals surface area (Å²) in [5, 5.41) is 121. The van der Waals surface area contributed by atoms with Crippen molar-refractivity contribution in [3.8, 4) is 5.75 Å². The lowest BCUT2D eigenvalue weighted by Crippen LogP contribution is -2.61. The number of rotatable bonds is 5. The minimum atomic E-state index is -2.35. The number of fused-ring (bicyclic) bond motifs is 3. The zero-order valence-corrected chi connectivity index (χ0v) is 51.3. The van der Waals surface area contributed by atoms with Gasteiger partial charge in [0.25, 0.3) is 5.17 Å². The molecule has 3 aromatic rings. The van der Waals surface area contributed by atoms with E-state index in [2.05, 4.69) is 31.2 Å². The first-order chi connectivity index (χ1) is 41.2. The quantitative estimate of drug-likeness (QED) is 0.105. The summed E-state index contributed by atoms with van der Waals surface area (Å²) in [6.07, 6.45) is 2.28. The number of nitrogens with zero attached hydrogens (tertiary/aromatic N) is 1. The Kier molecular flexibility index (Phi) is 29.5. The molecule has 480 valence electrons. The summed E-state index contributed by atoms with van der Waals surface area (Å²) < 4.78 is 29.0. The molecule has 0 unspecified atom stereocenters. The number of benzene rings is 3. The van der Waals surface area contributed by atoms with E-state index in [0.29, 0.717) is 5.17 Å². The predicted octanol–water partition coefficient (Wildman–Crippen LogP) is 5.88. The van der Waals surface area contributed by atoms with Crippen molar-refractivity contribution in [2.75, 3.05) is 11.9 Å². The molecule has 2 saturated heterocycles. The lowest BCUT2D eigenvalue weighted by molar-refractivity contribution is -0.310. The van der Waals surface area contributed by atoms with Crippen molar-refractivity contribution in [3.63, 3.8) is 0 Å². The molecule has 21 heteroatoms. The largest absolute Gasteiger partial charge is 0.481 e. The molecule has 2 fully saturated rings. The van der Waals surface area contributed by atoms with E-state index < -0.39 is 141 Å². The van der Waals surface area contributed by atoms with E-state index in [-0.39, 0.29) is 38.0 Å². The minimum absolute atomic E-state index is 0.138. The first-order valence-corrected chi connectivity index (χ1v) is 30.2. The molecule has 0 aliphatic carbocycles. The molecule has 3 heterocycles. The monoisotopic (exact) mass is 1230 g/mol.